The molecule has 1 fully saturated rings. The number of carbonyl (C=O) groups excluding carboxylic acids is 1. The number of benzene rings is 1. The summed E-state index contributed by atoms with van der Waals surface area (Å²) in [5.41, 5.74) is 0. The summed E-state index contributed by atoms with van der Waals surface area (Å²) in [6, 6.07) is 7.33. The molecule has 2 atom stereocenters. The quantitative estimate of drug-likeness (QED) is 0.766. The summed E-state index contributed by atoms with van der Waals surface area (Å²) in [6.07, 6.45) is -0.348. The van der Waals surface area contributed by atoms with Crippen LogP contribution in [0.1, 0.15) is 6.92 Å². The van der Waals surface area contributed by atoms with Crippen LogP contribution in [-0.2, 0) is 9.53 Å². The van der Waals surface area contributed by atoms with Crippen molar-refractivity contribution in [2.45, 2.75) is 19.1 Å². The highest BCUT2D eigenvalue weighted by atomic mass is 16.6. The maximum absolute atomic E-state index is 11.3. The molecule has 1 saturated heterocycles. The van der Waals surface area contributed by atoms with Crippen LogP contribution in [0.5, 0.6) is 11.5 Å². The molecule has 1 aromatic rings. The number of hydrogen-bond acceptors (Lipinski definition) is 4. The van der Waals surface area contributed by atoms with Crippen molar-refractivity contribution in [3.63, 3.8) is 0 Å². The maximum Gasteiger partial charge on any atom is 0.251 e. The van der Waals surface area contributed by atoms with E-state index in [1.165, 1.54) is 0 Å². The first-order chi connectivity index (χ1) is 8.69. The molecule has 18 heavy (non-hydrogen) atoms. The molecule has 1 aromatic carbocycles. The Bertz CT molecular complexity index is 400. The third kappa shape index (κ3) is 3.63. The molecule has 1 amide bonds. The molecule has 1 aliphatic heterocycles. The van der Waals surface area contributed by atoms with E-state index in [9.17, 15) is 4.79 Å². The molecule has 0 aliphatic carbocycles. The lowest BCUT2D eigenvalue weighted by Gasteiger charge is -2.15. The van der Waals surface area contributed by atoms with Crippen molar-refractivity contribution < 1.29 is 19.0 Å². The van der Waals surface area contributed by atoms with Gasteiger partial charge in [0, 0.05) is 0 Å². The summed E-state index contributed by atoms with van der Waals surface area (Å²) < 4.78 is 15.6. The SMILES string of the molecule is COc1ccc(OC(C)CNC(=O)C2CO2)cc1. The Hall–Kier alpha value is -1.75. The molecule has 5 nitrogen and oxygen atoms in total. The van der Waals surface area contributed by atoms with Crippen LogP contribution in [0.15, 0.2) is 24.3 Å². The molecule has 0 aromatic heterocycles. The first kappa shape index (κ1) is 12.7. The molecule has 1 N–H and O–H groups in total. The highest BCUT2D eigenvalue weighted by Crippen LogP contribution is 2.18. The molecule has 2 rings (SSSR count). The molecule has 98 valence electrons. The van der Waals surface area contributed by atoms with Crippen LogP contribution in [-0.4, -0.2) is 38.4 Å². The number of ether oxygens (including phenoxy) is 3. The van der Waals surface area contributed by atoms with Crippen LogP contribution >= 0.6 is 0 Å². The number of nitrogens with one attached hydrogen (secondary N) is 1. The smallest absolute Gasteiger partial charge is 0.251 e. The maximum atomic E-state index is 11.3. The number of epoxide rings is 1. The topological polar surface area (TPSA) is 60.1 Å². The fourth-order valence-electron chi connectivity index (χ4n) is 1.49. The Labute approximate surface area is 106 Å². The molecular formula is C13H17NO4. The van der Waals surface area contributed by atoms with Gasteiger partial charge in [-0.15, -0.1) is 0 Å². The van der Waals surface area contributed by atoms with Gasteiger partial charge < -0.3 is 19.5 Å². The van der Waals surface area contributed by atoms with Crippen LogP contribution in [0.4, 0.5) is 0 Å². The molecule has 5 heteroatoms. The van der Waals surface area contributed by atoms with Crippen LogP contribution in [0, 0.1) is 0 Å². The lowest BCUT2D eigenvalue weighted by Crippen LogP contribution is -2.36. The van der Waals surface area contributed by atoms with Gasteiger partial charge in [0.05, 0.1) is 20.3 Å². The third-order valence-corrected chi connectivity index (χ3v) is 2.59. The van der Waals surface area contributed by atoms with E-state index in [0.717, 1.165) is 11.5 Å². The normalized spacial score (nSPS) is 18.9. The lowest BCUT2D eigenvalue weighted by atomic mass is 10.3. The fraction of sp³-hybridized carbons (Fsp3) is 0.462. The number of methoxy groups -OCH3 is 1. The minimum absolute atomic E-state index is 0.0693. The predicted octanol–water partition coefficient (Wildman–Crippen LogP) is 0.977. The standard InChI is InChI=1S/C13H17NO4/c1-9(7-14-13(15)12-8-17-12)18-11-5-3-10(16-2)4-6-11/h3-6,9,12H,7-8H2,1-2H3,(H,14,15). The lowest BCUT2D eigenvalue weighted by molar-refractivity contribution is -0.122. The van der Waals surface area contributed by atoms with Crippen LogP contribution in [0.2, 0.25) is 0 Å². The van der Waals surface area contributed by atoms with Crippen molar-refractivity contribution in [2.75, 3.05) is 20.3 Å². The zero-order valence-electron chi connectivity index (χ0n) is 10.5. The Balaban J connectivity index is 1.75. The molecule has 1 aliphatic rings. The van der Waals surface area contributed by atoms with Gasteiger partial charge in [0.25, 0.3) is 5.91 Å². The molecule has 2 unspecified atom stereocenters. The van der Waals surface area contributed by atoms with Crippen molar-refractivity contribution in [3.8, 4) is 11.5 Å². The van der Waals surface area contributed by atoms with Gasteiger partial charge in [-0.05, 0) is 31.2 Å². The van der Waals surface area contributed by atoms with Crippen LogP contribution < -0.4 is 14.8 Å². The second kappa shape index (κ2) is 5.73. The predicted molar refractivity (Wildman–Crippen MR) is 65.8 cm³/mol. The minimum Gasteiger partial charge on any atom is -0.497 e. The van der Waals surface area contributed by atoms with Gasteiger partial charge in [0.2, 0.25) is 0 Å². The van der Waals surface area contributed by atoms with E-state index in [2.05, 4.69) is 5.32 Å². The number of carbonyl (C=O) groups is 1. The number of hydrogen-bond donors (Lipinski definition) is 1. The van der Waals surface area contributed by atoms with Gasteiger partial charge in [-0.3, -0.25) is 4.79 Å². The second-order valence-corrected chi connectivity index (χ2v) is 4.17. The van der Waals surface area contributed by atoms with Crippen molar-refractivity contribution in [3.05, 3.63) is 24.3 Å². The number of rotatable bonds is 6. The average molecular weight is 251 g/mol. The molecular weight excluding hydrogens is 234 g/mol. The summed E-state index contributed by atoms with van der Waals surface area (Å²) in [4.78, 5) is 11.3. The van der Waals surface area contributed by atoms with E-state index in [-0.39, 0.29) is 18.1 Å². The van der Waals surface area contributed by atoms with Gasteiger partial charge in [0.1, 0.15) is 17.6 Å². The van der Waals surface area contributed by atoms with Gasteiger partial charge in [-0.25, -0.2) is 0 Å². The Morgan fingerprint density at radius 2 is 2.06 bits per heavy atom. The fourth-order valence-corrected chi connectivity index (χ4v) is 1.49. The van der Waals surface area contributed by atoms with Crippen molar-refractivity contribution in [2.24, 2.45) is 0 Å². The van der Waals surface area contributed by atoms with Gasteiger partial charge in [0.15, 0.2) is 6.10 Å². The van der Waals surface area contributed by atoms with Crippen molar-refractivity contribution in [1.82, 2.24) is 5.32 Å². The average Bonchev–Trinajstić information content (AvgIpc) is 3.21. The summed E-state index contributed by atoms with van der Waals surface area (Å²) in [6.45, 7) is 2.89. The van der Waals surface area contributed by atoms with Crippen LogP contribution in [0.3, 0.4) is 0 Å². The summed E-state index contributed by atoms with van der Waals surface area (Å²) in [7, 11) is 1.62. The first-order valence-electron chi connectivity index (χ1n) is 5.89. The van der Waals surface area contributed by atoms with E-state index in [1.807, 2.05) is 31.2 Å². The van der Waals surface area contributed by atoms with Gasteiger partial charge >= 0.3 is 0 Å². The van der Waals surface area contributed by atoms with E-state index >= 15 is 0 Å². The van der Waals surface area contributed by atoms with E-state index in [1.54, 1.807) is 7.11 Å². The van der Waals surface area contributed by atoms with E-state index in [0.29, 0.717) is 13.2 Å². The highest BCUT2D eigenvalue weighted by molar-refractivity contribution is 5.82. The minimum atomic E-state index is -0.252. The molecule has 0 bridgehead atoms. The summed E-state index contributed by atoms with van der Waals surface area (Å²) in [5.74, 6) is 1.47. The van der Waals surface area contributed by atoms with Crippen molar-refractivity contribution in [1.29, 1.82) is 0 Å². The first-order valence-corrected chi connectivity index (χ1v) is 5.89. The van der Waals surface area contributed by atoms with E-state index < -0.39 is 0 Å². The zero-order valence-corrected chi connectivity index (χ0v) is 10.5. The Morgan fingerprint density at radius 3 is 2.61 bits per heavy atom. The number of amides is 1. The van der Waals surface area contributed by atoms with Gasteiger partial charge in [-0.2, -0.15) is 0 Å². The van der Waals surface area contributed by atoms with Gasteiger partial charge in [-0.1, -0.05) is 0 Å². The molecule has 1 heterocycles. The highest BCUT2D eigenvalue weighted by Gasteiger charge is 2.31. The molecule has 0 radical (unpaired) electrons. The zero-order chi connectivity index (χ0) is 13.0. The Morgan fingerprint density at radius 1 is 1.44 bits per heavy atom. The second-order valence-electron chi connectivity index (χ2n) is 4.17. The molecule has 0 saturated carbocycles. The molecule has 0 spiro atoms. The monoisotopic (exact) mass is 251 g/mol. The van der Waals surface area contributed by atoms with Crippen LogP contribution in [0.25, 0.3) is 0 Å². The summed E-state index contributed by atoms with van der Waals surface area (Å²) >= 11 is 0. The third-order valence-electron chi connectivity index (χ3n) is 2.59. The van der Waals surface area contributed by atoms with E-state index in [4.69, 9.17) is 14.2 Å². The summed E-state index contributed by atoms with van der Waals surface area (Å²) in [5, 5.41) is 2.77. The van der Waals surface area contributed by atoms with Crippen molar-refractivity contribution >= 4 is 5.91 Å². The largest absolute Gasteiger partial charge is 0.497 e. The Kier molecular flexibility index (Phi) is 4.04.